The van der Waals surface area contributed by atoms with Crippen LogP contribution in [0.4, 0.5) is 11.4 Å². The number of nitrogens with two attached hydrogens (primary N) is 1. The van der Waals surface area contributed by atoms with Gasteiger partial charge in [-0.05, 0) is 12.1 Å². The van der Waals surface area contributed by atoms with E-state index in [2.05, 4.69) is 5.32 Å². The Hall–Kier alpha value is -1.27. The number of anilines is 2. The summed E-state index contributed by atoms with van der Waals surface area (Å²) >= 11 is 5.80. The zero-order valence-electron chi connectivity index (χ0n) is 8.53. The number of hydrogen-bond donors (Lipinski definition) is 2. The summed E-state index contributed by atoms with van der Waals surface area (Å²) in [6.07, 6.45) is 0.975. The number of carbonyl (C=O) groups is 1. The minimum atomic E-state index is -3.37. The van der Waals surface area contributed by atoms with Crippen molar-refractivity contribution in [1.29, 1.82) is 0 Å². The highest BCUT2D eigenvalue weighted by Gasteiger charge is 2.13. The minimum absolute atomic E-state index is 0.234. The van der Waals surface area contributed by atoms with Crippen molar-refractivity contribution >= 4 is 38.7 Å². The SMILES string of the molecule is CS(=O)(=O)CC(=O)Nc1c(N)cccc1Cl. The third-order valence-corrected chi connectivity index (χ3v) is 2.81. The smallest absolute Gasteiger partial charge is 0.239 e. The Labute approximate surface area is 98.5 Å². The molecule has 0 fully saturated rings. The number of amides is 1. The van der Waals surface area contributed by atoms with Crippen LogP contribution in [0.5, 0.6) is 0 Å². The summed E-state index contributed by atoms with van der Waals surface area (Å²) in [7, 11) is -3.37. The Kier molecular flexibility index (Phi) is 3.77. The Morgan fingerprint density at radius 1 is 1.50 bits per heavy atom. The molecule has 3 N–H and O–H groups in total. The van der Waals surface area contributed by atoms with E-state index in [-0.39, 0.29) is 16.4 Å². The topological polar surface area (TPSA) is 89.3 Å². The van der Waals surface area contributed by atoms with Crippen LogP contribution in [-0.4, -0.2) is 26.3 Å². The molecule has 0 aliphatic heterocycles. The molecule has 7 heteroatoms. The highest BCUT2D eigenvalue weighted by molar-refractivity contribution is 7.91. The summed E-state index contributed by atoms with van der Waals surface area (Å²) in [5.41, 5.74) is 6.11. The monoisotopic (exact) mass is 262 g/mol. The largest absolute Gasteiger partial charge is 0.397 e. The maximum atomic E-state index is 11.3. The standard InChI is InChI=1S/C9H11ClN2O3S/c1-16(14,15)5-8(13)12-9-6(10)3-2-4-7(9)11/h2-4H,5,11H2,1H3,(H,12,13). The zero-order chi connectivity index (χ0) is 12.3. The van der Waals surface area contributed by atoms with Gasteiger partial charge in [-0.3, -0.25) is 4.79 Å². The van der Waals surface area contributed by atoms with Crippen LogP contribution in [0.2, 0.25) is 5.02 Å². The van der Waals surface area contributed by atoms with Crippen molar-refractivity contribution in [2.24, 2.45) is 0 Å². The zero-order valence-corrected chi connectivity index (χ0v) is 10.1. The number of carbonyl (C=O) groups excluding carboxylic acids is 1. The lowest BCUT2D eigenvalue weighted by atomic mass is 10.2. The van der Waals surface area contributed by atoms with Crippen LogP contribution in [-0.2, 0) is 14.6 Å². The van der Waals surface area contributed by atoms with Gasteiger partial charge in [-0.1, -0.05) is 17.7 Å². The molecule has 0 saturated heterocycles. The fourth-order valence-electron chi connectivity index (χ4n) is 1.09. The molecule has 0 aliphatic carbocycles. The quantitative estimate of drug-likeness (QED) is 0.792. The van der Waals surface area contributed by atoms with Crippen LogP contribution in [0.1, 0.15) is 0 Å². The highest BCUT2D eigenvalue weighted by atomic mass is 35.5. The van der Waals surface area contributed by atoms with E-state index in [1.165, 1.54) is 0 Å². The molecule has 0 atom stereocenters. The van der Waals surface area contributed by atoms with E-state index in [0.717, 1.165) is 6.26 Å². The molecule has 88 valence electrons. The van der Waals surface area contributed by atoms with E-state index >= 15 is 0 Å². The maximum Gasteiger partial charge on any atom is 0.239 e. The van der Waals surface area contributed by atoms with Gasteiger partial charge in [0.2, 0.25) is 5.91 Å². The predicted octanol–water partition coefficient (Wildman–Crippen LogP) is 0.905. The van der Waals surface area contributed by atoms with Crippen molar-refractivity contribution in [3.63, 3.8) is 0 Å². The van der Waals surface area contributed by atoms with Crippen LogP contribution in [0.15, 0.2) is 18.2 Å². The van der Waals surface area contributed by atoms with E-state index in [1.807, 2.05) is 0 Å². The van der Waals surface area contributed by atoms with Gasteiger partial charge in [0.1, 0.15) is 5.75 Å². The number of halogens is 1. The molecule has 1 amide bonds. The van der Waals surface area contributed by atoms with Crippen LogP contribution in [0.25, 0.3) is 0 Å². The first-order valence-corrected chi connectivity index (χ1v) is 6.75. The predicted molar refractivity (Wildman–Crippen MR) is 64.2 cm³/mol. The minimum Gasteiger partial charge on any atom is -0.397 e. The first-order valence-electron chi connectivity index (χ1n) is 4.31. The molecule has 0 heterocycles. The number of nitrogen functional groups attached to an aromatic ring is 1. The average Bonchev–Trinajstić information content (AvgIpc) is 2.08. The van der Waals surface area contributed by atoms with Gasteiger partial charge in [0.25, 0.3) is 0 Å². The third kappa shape index (κ3) is 3.71. The number of sulfone groups is 1. The van der Waals surface area contributed by atoms with Gasteiger partial charge in [-0.2, -0.15) is 0 Å². The van der Waals surface area contributed by atoms with Crippen molar-refractivity contribution in [2.75, 3.05) is 23.1 Å². The lowest BCUT2D eigenvalue weighted by molar-refractivity contribution is -0.113. The molecule has 0 aromatic heterocycles. The second-order valence-electron chi connectivity index (χ2n) is 3.32. The molecule has 1 aromatic rings. The first-order chi connectivity index (χ1) is 7.29. The first kappa shape index (κ1) is 12.8. The summed E-state index contributed by atoms with van der Waals surface area (Å²) in [5, 5.41) is 2.63. The summed E-state index contributed by atoms with van der Waals surface area (Å²) < 4.78 is 21.8. The number of rotatable bonds is 3. The van der Waals surface area contributed by atoms with E-state index in [4.69, 9.17) is 17.3 Å². The fraction of sp³-hybridized carbons (Fsp3) is 0.222. The van der Waals surface area contributed by atoms with E-state index in [0.29, 0.717) is 0 Å². The molecule has 5 nitrogen and oxygen atoms in total. The summed E-state index contributed by atoms with van der Waals surface area (Å²) in [6, 6.07) is 4.74. The summed E-state index contributed by atoms with van der Waals surface area (Å²) in [6.45, 7) is 0. The molecular formula is C9H11ClN2O3S. The van der Waals surface area contributed by atoms with Gasteiger partial charge in [0.15, 0.2) is 9.84 Å². The van der Waals surface area contributed by atoms with Crippen LogP contribution in [0.3, 0.4) is 0 Å². The molecule has 0 unspecified atom stereocenters. The Balaban J connectivity index is 2.86. The van der Waals surface area contributed by atoms with Gasteiger partial charge < -0.3 is 11.1 Å². The molecule has 0 saturated carbocycles. The second kappa shape index (κ2) is 4.71. The Bertz CT molecular complexity index is 493. The van der Waals surface area contributed by atoms with Gasteiger partial charge in [-0.15, -0.1) is 0 Å². The molecular weight excluding hydrogens is 252 g/mol. The highest BCUT2D eigenvalue weighted by Crippen LogP contribution is 2.27. The second-order valence-corrected chi connectivity index (χ2v) is 5.87. The lowest BCUT2D eigenvalue weighted by Gasteiger charge is -2.09. The lowest BCUT2D eigenvalue weighted by Crippen LogP contribution is -2.22. The normalized spacial score (nSPS) is 11.1. The van der Waals surface area contributed by atoms with Gasteiger partial charge in [0.05, 0.1) is 16.4 Å². The Morgan fingerprint density at radius 2 is 2.12 bits per heavy atom. The summed E-state index contributed by atoms with van der Waals surface area (Å²) in [4.78, 5) is 11.3. The van der Waals surface area contributed by atoms with Gasteiger partial charge >= 0.3 is 0 Å². The molecule has 1 rings (SSSR count). The molecule has 0 spiro atoms. The van der Waals surface area contributed by atoms with Crippen molar-refractivity contribution in [2.45, 2.75) is 0 Å². The Morgan fingerprint density at radius 3 is 2.62 bits per heavy atom. The fourth-order valence-corrected chi connectivity index (χ4v) is 1.86. The van der Waals surface area contributed by atoms with Gasteiger partial charge in [-0.25, -0.2) is 8.42 Å². The number of benzene rings is 1. The van der Waals surface area contributed by atoms with Crippen LogP contribution < -0.4 is 11.1 Å². The number of nitrogens with one attached hydrogen (secondary N) is 1. The number of hydrogen-bond acceptors (Lipinski definition) is 4. The van der Waals surface area contributed by atoms with E-state index in [9.17, 15) is 13.2 Å². The molecule has 0 radical (unpaired) electrons. The average molecular weight is 263 g/mol. The van der Waals surface area contributed by atoms with Crippen molar-refractivity contribution in [3.05, 3.63) is 23.2 Å². The maximum absolute atomic E-state index is 11.3. The molecule has 16 heavy (non-hydrogen) atoms. The van der Waals surface area contributed by atoms with Crippen molar-refractivity contribution in [3.8, 4) is 0 Å². The summed E-state index contributed by atoms with van der Waals surface area (Å²) in [5.74, 6) is -1.26. The van der Waals surface area contributed by atoms with Crippen LogP contribution in [0, 0.1) is 0 Å². The molecule has 0 bridgehead atoms. The molecule has 0 aliphatic rings. The molecule has 1 aromatic carbocycles. The van der Waals surface area contributed by atoms with E-state index in [1.54, 1.807) is 18.2 Å². The van der Waals surface area contributed by atoms with E-state index < -0.39 is 21.5 Å². The number of para-hydroxylation sites is 1. The van der Waals surface area contributed by atoms with Crippen LogP contribution >= 0.6 is 11.6 Å². The van der Waals surface area contributed by atoms with Crippen molar-refractivity contribution < 1.29 is 13.2 Å². The van der Waals surface area contributed by atoms with Gasteiger partial charge in [0, 0.05) is 6.26 Å². The third-order valence-electron chi connectivity index (χ3n) is 1.70. The van der Waals surface area contributed by atoms with Crippen molar-refractivity contribution in [1.82, 2.24) is 0 Å².